The van der Waals surface area contributed by atoms with E-state index in [1.165, 1.54) is 0 Å². The zero-order chi connectivity index (χ0) is 33.3. The molecule has 0 radical (unpaired) electrons. The molecular formula is C35H46F6O4. The summed E-state index contributed by atoms with van der Waals surface area (Å²) in [6, 6.07) is 6.66. The van der Waals surface area contributed by atoms with E-state index in [-0.39, 0.29) is 13.2 Å². The van der Waals surface area contributed by atoms with Crippen LogP contribution in [0.3, 0.4) is 0 Å². The number of rotatable bonds is 20. The van der Waals surface area contributed by atoms with Crippen LogP contribution in [0, 0.1) is 0 Å². The standard InChI is InChI=1S/C35H46F6O4/c1-3-5-7-9-11-13-15-23-44-31(42)27-19-17-21-29(25-27)33(34(36,37)38,35(39,40)41)30-22-18-20-28(26-30)32(43)45-24-16-14-12-10-8-6-4-2/h17-22,25-26H,3-16,23-24H2,1-2H3. The van der Waals surface area contributed by atoms with E-state index < -0.39 is 52.0 Å². The van der Waals surface area contributed by atoms with Crippen LogP contribution >= 0.6 is 0 Å². The molecule has 0 aliphatic heterocycles. The maximum atomic E-state index is 14.8. The fourth-order valence-corrected chi connectivity index (χ4v) is 5.36. The average Bonchev–Trinajstić information content (AvgIpc) is 2.99. The maximum absolute atomic E-state index is 14.8. The molecule has 0 amide bonds. The summed E-state index contributed by atoms with van der Waals surface area (Å²) in [4.78, 5) is 25.3. The molecule has 0 fully saturated rings. The van der Waals surface area contributed by atoms with Crippen LogP contribution in [0.2, 0.25) is 0 Å². The Bertz CT molecular complexity index is 1080. The van der Waals surface area contributed by atoms with Crippen molar-refractivity contribution in [2.45, 2.75) is 122 Å². The molecule has 0 spiro atoms. The van der Waals surface area contributed by atoms with Gasteiger partial charge in [-0.05, 0) is 48.2 Å². The summed E-state index contributed by atoms with van der Waals surface area (Å²) < 4.78 is 98.9. The molecule has 252 valence electrons. The number of carbonyl (C=O) groups excluding carboxylic acids is 2. The van der Waals surface area contributed by atoms with E-state index in [0.717, 1.165) is 101 Å². The highest BCUT2D eigenvalue weighted by atomic mass is 19.4. The van der Waals surface area contributed by atoms with Crippen molar-refractivity contribution in [3.63, 3.8) is 0 Å². The van der Waals surface area contributed by atoms with Crippen LogP contribution in [0.4, 0.5) is 26.3 Å². The normalized spacial score (nSPS) is 12.3. The molecule has 0 aliphatic rings. The Balaban J connectivity index is 2.25. The first kappa shape index (κ1) is 38.1. The SMILES string of the molecule is CCCCCCCCCOC(=O)c1cccc(C(c2cccc(C(=O)OCCCCCCCCC)c2)(C(F)(F)F)C(F)(F)F)c1. The van der Waals surface area contributed by atoms with Gasteiger partial charge in [0, 0.05) is 0 Å². The first-order chi connectivity index (χ1) is 21.4. The highest BCUT2D eigenvalue weighted by Gasteiger charge is 2.72. The molecule has 2 rings (SSSR count). The Morgan fingerprint density at radius 1 is 0.533 bits per heavy atom. The summed E-state index contributed by atoms with van der Waals surface area (Å²) in [6.07, 6.45) is 1.55. The van der Waals surface area contributed by atoms with Crippen molar-refractivity contribution in [2.24, 2.45) is 0 Å². The zero-order valence-corrected chi connectivity index (χ0v) is 26.3. The van der Waals surface area contributed by atoms with Crippen molar-refractivity contribution in [1.29, 1.82) is 0 Å². The highest BCUT2D eigenvalue weighted by Crippen LogP contribution is 2.56. The number of ether oxygens (including phenoxy) is 2. The van der Waals surface area contributed by atoms with Crippen LogP contribution in [0.25, 0.3) is 0 Å². The van der Waals surface area contributed by atoms with Crippen molar-refractivity contribution in [1.82, 2.24) is 0 Å². The van der Waals surface area contributed by atoms with Crippen LogP contribution < -0.4 is 0 Å². The molecule has 0 N–H and O–H groups in total. The van der Waals surface area contributed by atoms with Gasteiger partial charge in [0.25, 0.3) is 0 Å². The second-order valence-electron chi connectivity index (χ2n) is 11.4. The first-order valence-corrected chi connectivity index (χ1v) is 16.1. The van der Waals surface area contributed by atoms with E-state index in [0.29, 0.717) is 37.1 Å². The quantitative estimate of drug-likeness (QED) is 0.0818. The minimum atomic E-state index is -5.88. The monoisotopic (exact) mass is 644 g/mol. The van der Waals surface area contributed by atoms with Gasteiger partial charge >= 0.3 is 24.3 Å². The fourth-order valence-electron chi connectivity index (χ4n) is 5.36. The lowest BCUT2D eigenvalue weighted by Crippen LogP contribution is -2.54. The van der Waals surface area contributed by atoms with E-state index in [9.17, 15) is 35.9 Å². The number of hydrogen-bond donors (Lipinski definition) is 0. The largest absolute Gasteiger partial charge is 0.462 e. The van der Waals surface area contributed by atoms with E-state index in [2.05, 4.69) is 13.8 Å². The highest BCUT2D eigenvalue weighted by molar-refractivity contribution is 5.90. The van der Waals surface area contributed by atoms with Gasteiger partial charge in [-0.2, -0.15) is 26.3 Å². The molecule has 4 nitrogen and oxygen atoms in total. The second kappa shape index (κ2) is 18.8. The summed E-state index contributed by atoms with van der Waals surface area (Å²) in [5.41, 5.74) is -7.80. The summed E-state index contributed by atoms with van der Waals surface area (Å²) in [5.74, 6) is -2.02. The van der Waals surface area contributed by atoms with Crippen molar-refractivity contribution < 1.29 is 45.4 Å². The Morgan fingerprint density at radius 2 is 0.867 bits per heavy atom. The molecule has 0 unspecified atom stereocenters. The summed E-state index contributed by atoms with van der Waals surface area (Å²) in [7, 11) is 0. The number of hydrogen-bond acceptors (Lipinski definition) is 4. The van der Waals surface area contributed by atoms with E-state index in [1.807, 2.05) is 0 Å². The molecule has 2 aromatic rings. The van der Waals surface area contributed by atoms with E-state index >= 15 is 0 Å². The molecular weight excluding hydrogens is 598 g/mol. The van der Waals surface area contributed by atoms with Gasteiger partial charge in [-0.1, -0.05) is 115 Å². The summed E-state index contributed by atoms with van der Waals surface area (Å²) >= 11 is 0. The Morgan fingerprint density at radius 3 is 1.20 bits per heavy atom. The molecule has 0 aliphatic carbocycles. The molecule has 2 aromatic carbocycles. The molecule has 45 heavy (non-hydrogen) atoms. The third kappa shape index (κ3) is 11.1. The van der Waals surface area contributed by atoms with Gasteiger partial charge in [-0.3, -0.25) is 0 Å². The van der Waals surface area contributed by atoms with Crippen LogP contribution in [-0.4, -0.2) is 37.5 Å². The molecule has 10 heteroatoms. The first-order valence-electron chi connectivity index (χ1n) is 16.1. The average molecular weight is 645 g/mol. The Labute approximate surface area is 262 Å². The topological polar surface area (TPSA) is 52.6 Å². The third-order valence-corrected chi connectivity index (χ3v) is 7.88. The van der Waals surface area contributed by atoms with E-state index in [1.54, 1.807) is 0 Å². The Hall–Kier alpha value is -3.04. The van der Waals surface area contributed by atoms with Gasteiger partial charge in [-0.25, -0.2) is 9.59 Å². The van der Waals surface area contributed by atoms with Crippen molar-refractivity contribution in [3.8, 4) is 0 Å². The lowest BCUT2D eigenvalue weighted by Gasteiger charge is -2.38. The molecule has 0 bridgehead atoms. The predicted molar refractivity (Wildman–Crippen MR) is 162 cm³/mol. The molecule has 0 atom stereocenters. The van der Waals surface area contributed by atoms with Crippen LogP contribution in [-0.2, 0) is 14.9 Å². The number of alkyl halides is 6. The molecule has 0 saturated heterocycles. The predicted octanol–water partition coefficient (Wildman–Crippen LogP) is 10.9. The van der Waals surface area contributed by atoms with E-state index in [4.69, 9.17) is 9.47 Å². The van der Waals surface area contributed by atoms with Crippen molar-refractivity contribution in [2.75, 3.05) is 13.2 Å². The third-order valence-electron chi connectivity index (χ3n) is 7.88. The van der Waals surface area contributed by atoms with Gasteiger partial charge < -0.3 is 9.47 Å². The van der Waals surface area contributed by atoms with Crippen LogP contribution in [0.1, 0.15) is 136 Å². The van der Waals surface area contributed by atoms with Crippen molar-refractivity contribution in [3.05, 3.63) is 70.8 Å². The van der Waals surface area contributed by atoms with Gasteiger partial charge in [-0.15, -0.1) is 0 Å². The minimum Gasteiger partial charge on any atom is -0.462 e. The number of carbonyl (C=O) groups is 2. The summed E-state index contributed by atoms with van der Waals surface area (Å²) in [5, 5.41) is 0. The van der Waals surface area contributed by atoms with Crippen LogP contribution in [0.15, 0.2) is 48.5 Å². The maximum Gasteiger partial charge on any atom is 0.411 e. The van der Waals surface area contributed by atoms with Crippen molar-refractivity contribution >= 4 is 11.9 Å². The zero-order valence-electron chi connectivity index (χ0n) is 26.3. The fraction of sp³-hybridized carbons (Fsp3) is 0.600. The molecule has 0 saturated carbocycles. The second-order valence-corrected chi connectivity index (χ2v) is 11.4. The number of benzene rings is 2. The van der Waals surface area contributed by atoms with Crippen LogP contribution in [0.5, 0.6) is 0 Å². The number of halogens is 6. The smallest absolute Gasteiger partial charge is 0.411 e. The summed E-state index contributed by atoms with van der Waals surface area (Å²) in [6.45, 7) is 4.22. The lowest BCUT2D eigenvalue weighted by atomic mass is 9.72. The van der Waals surface area contributed by atoms with Gasteiger partial charge in [0.15, 0.2) is 0 Å². The number of esters is 2. The molecule has 0 heterocycles. The Kier molecular flexibility index (Phi) is 15.9. The van der Waals surface area contributed by atoms with Gasteiger partial charge in [0.1, 0.15) is 0 Å². The molecule has 0 aromatic heterocycles. The van der Waals surface area contributed by atoms with Gasteiger partial charge in [0.2, 0.25) is 5.41 Å². The van der Waals surface area contributed by atoms with Gasteiger partial charge in [0.05, 0.1) is 24.3 Å². The minimum absolute atomic E-state index is 0.00351. The lowest BCUT2D eigenvalue weighted by molar-refractivity contribution is -0.288. The number of unbranched alkanes of at least 4 members (excludes halogenated alkanes) is 12.